The second-order valence-electron chi connectivity index (χ2n) is 22.0. The first-order chi connectivity index (χ1) is 25.8. The van der Waals surface area contributed by atoms with Gasteiger partial charge in [-0.1, -0.05) is 77.8 Å². The minimum Gasteiger partial charge on any atom is -0.462 e. The van der Waals surface area contributed by atoms with Gasteiger partial charge in [-0.05, 0) is 149 Å². The quantitative estimate of drug-likeness (QED) is 0.227. The average Bonchev–Trinajstić information content (AvgIpc) is 3.39. The first kappa shape index (κ1) is 43.4. The third-order valence-electron chi connectivity index (χ3n) is 16.5. The van der Waals surface area contributed by atoms with Crippen molar-refractivity contribution in [3.63, 3.8) is 0 Å². The Kier molecular flexibility index (Phi) is 11.5. The molecule has 1 aromatic carbocycles. The summed E-state index contributed by atoms with van der Waals surface area (Å²) in [5, 5.41) is 16.4. The highest BCUT2D eigenvalue weighted by atomic mass is 35.5. The molecule has 1 aromatic rings. The zero-order valence-corrected chi connectivity index (χ0v) is 37.4. The number of fused-ring (bicyclic) bond motifs is 7. The molecule has 0 amide bonds. The predicted molar refractivity (Wildman–Crippen MR) is 223 cm³/mol. The van der Waals surface area contributed by atoms with Crippen molar-refractivity contribution < 1.29 is 29.0 Å². The normalized spacial score (nSPS) is 35.9. The van der Waals surface area contributed by atoms with Crippen molar-refractivity contribution in [2.45, 2.75) is 172 Å². The largest absolute Gasteiger partial charge is 0.462 e. The third kappa shape index (κ3) is 7.24. The maximum absolute atomic E-state index is 14.1. The second kappa shape index (κ2) is 14.8. The van der Waals surface area contributed by atoms with Crippen molar-refractivity contribution in [1.29, 1.82) is 0 Å². The van der Waals surface area contributed by atoms with Gasteiger partial charge in [0.05, 0.1) is 17.9 Å². The van der Waals surface area contributed by atoms with Crippen LogP contribution in [0.2, 0.25) is 5.02 Å². The van der Waals surface area contributed by atoms with Crippen molar-refractivity contribution >= 4 is 29.3 Å². The lowest BCUT2D eigenvalue weighted by Gasteiger charge is -2.72. The van der Waals surface area contributed by atoms with Crippen molar-refractivity contribution in [3.05, 3.63) is 46.0 Å². The number of hydrogen-bond donors (Lipinski definition) is 2. The molecule has 0 unspecified atom stereocenters. The number of rotatable bonds is 10. The lowest BCUT2D eigenvalue weighted by atomic mass is 9.33. The fourth-order valence-corrected chi connectivity index (χ4v) is 13.6. The summed E-state index contributed by atoms with van der Waals surface area (Å²) < 4.78 is 12.0. The van der Waals surface area contributed by atoms with Gasteiger partial charge in [0.15, 0.2) is 5.78 Å². The molecular weight excluding hydrogens is 722 g/mol. The van der Waals surface area contributed by atoms with E-state index in [1.807, 2.05) is 45.0 Å². The second-order valence-corrected chi connectivity index (χ2v) is 22.5. The number of halogens is 1. The number of benzene rings is 1. The van der Waals surface area contributed by atoms with Crippen LogP contribution in [0.3, 0.4) is 0 Å². The van der Waals surface area contributed by atoms with E-state index < -0.39 is 22.5 Å². The number of carbonyl (C=O) groups is 3. The van der Waals surface area contributed by atoms with E-state index in [2.05, 4.69) is 53.8 Å². The van der Waals surface area contributed by atoms with Gasteiger partial charge in [0.1, 0.15) is 11.7 Å². The zero-order chi connectivity index (χ0) is 41.4. The van der Waals surface area contributed by atoms with Gasteiger partial charge in [-0.2, -0.15) is 0 Å². The highest BCUT2D eigenvalue weighted by Gasteiger charge is 2.70. The zero-order valence-electron chi connectivity index (χ0n) is 36.6. The monoisotopic (exact) mass is 794 g/mol. The van der Waals surface area contributed by atoms with E-state index in [1.165, 1.54) is 5.57 Å². The molecule has 312 valence electrons. The minimum atomic E-state index is -0.977. The van der Waals surface area contributed by atoms with Crippen LogP contribution in [0.1, 0.15) is 153 Å². The van der Waals surface area contributed by atoms with Gasteiger partial charge in [-0.3, -0.25) is 14.4 Å². The number of hydrogen-bond acceptors (Lipinski definition) is 7. The van der Waals surface area contributed by atoms with Crippen LogP contribution in [0.4, 0.5) is 0 Å². The summed E-state index contributed by atoms with van der Waals surface area (Å²) in [4.78, 5) is 40.6. The maximum Gasteiger partial charge on any atom is 0.312 e. The van der Waals surface area contributed by atoms with Gasteiger partial charge in [0, 0.05) is 35.4 Å². The third-order valence-corrected chi connectivity index (χ3v) is 16.7. The van der Waals surface area contributed by atoms with Gasteiger partial charge >= 0.3 is 11.9 Å². The molecular formula is C48H72ClNO6. The topological polar surface area (TPSA) is 102 Å². The summed E-state index contributed by atoms with van der Waals surface area (Å²) in [6, 6.07) is 7.81. The Morgan fingerprint density at radius 1 is 0.893 bits per heavy atom. The van der Waals surface area contributed by atoms with Crippen LogP contribution >= 0.6 is 11.6 Å². The summed E-state index contributed by atoms with van der Waals surface area (Å²) in [7, 11) is 0. The number of nitrogens with one attached hydrogen (secondary N) is 1. The molecule has 9 atom stereocenters. The summed E-state index contributed by atoms with van der Waals surface area (Å²) in [5.74, 6) is 0.776. The first-order valence-corrected chi connectivity index (χ1v) is 22.0. The van der Waals surface area contributed by atoms with Crippen LogP contribution in [-0.4, -0.2) is 47.2 Å². The molecule has 8 heteroatoms. The Bertz CT molecular complexity index is 1720. The van der Waals surface area contributed by atoms with Gasteiger partial charge in [0.25, 0.3) is 0 Å². The molecule has 0 radical (unpaired) electrons. The van der Waals surface area contributed by atoms with Crippen LogP contribution in [0.5, 0.6) is 0 Å². The predicted octanol–water partition coefficient (Wildman–Crippen LogP) is 10.4. The van der Waals surface area contributed by atoms with Gasteiger partial charge in [0.2, 0.25) is 0 Å². The maximum atomic E-state index is 14.1. The molecule has 0 bridgehead atoms. The molecule has 0 heterocycles. The first-order valence-electron chi connectivity index (χ1n) is 21.7. The summed E-state index contributed by atoms with van der Waals surface area (Å²) in [5.41, 5.74) is 1.17. The number of aliphatic hydroxyl groups is 1. The lowest BCUT2D eigenvalue weighted by Crippen LogP contribution is -2.66. The number of aliphatic hydroxyl groups excluding tert-OH is 1. The molecule has 0 aromatic heterocycles. The van der Waals surface area contributed by atoms with Gasteiger partial charge in [-0.15, -0.1) is 0 Å². The standard InChI is InChI=1S/C48H72ClNO6/c1-29(2)39-33(51)25-48(36(52)28-50-27-30-13-15-31(49)16-14-30)24-23-46(11)32(40(39)48)17-18-35-45(10)21-20-37(44(8,9)34(45)19-22-47(35,46)12)55-38(53)26-43(6,7)41(54)56-42(3,4)5/h13-16,29,32,34-37,50,52H,17-28H2,1-12H3/t32-,34+,35-,36+,37+,45+,46-,47-,48+/m1/s1. The van der Waals surface area contributed by atoms with E-state index in [0.29, 0.717) is 36.4 Å². The molecule has 6 rings (SSSR count). The fourth-order valence-electron chi connectivity index (χ4n) is 13.5. The van der Waals surface area contributed by atoms with Crippen molar-refractivity contribution in [3.8, 4) is 0 Å². The number of ether oxygens (including phenoxy) is 2. The molecule has 5 aliphatic carbocycles. The van der Waals surface area contributed by atoms with E-state index in [0.717, 1.165) is 62.5 Å². The van der Waals surface area contributed by atoms with E-state index >= 15 is 0 Å². The SMILES string of the molecule is CC(C)C1=C2[C@H]3CC[C@@H]4[C@@]5(C)CC[C@H](OC(=O)CC(C)(C)C(=O)OC(C)(C)C)C(C)(C)[C@@H]5CC[C@@]4(C)[C@]3(C)CC[C@@]2([C@@H](O)CNCc2ccc(Cl)cc2)CC1=O. The summed E-state index contributed by atoms with van der Waals surface area (Å²) >= 11 is 6.12. The van der Waals surface area contributed by atoms with E-state index in [1.54, 1.807) is 13.8 Å². The van der Waals surface area contributed by atoms with Crippen LogP contribution in [0.25, 0.3) is 0 Å². The molecule has 56 heavy (non-hydrogen) atoms. The molecule has 0 saturated heterocycles. The summed E-state index contributed by atoms with van der Waals surface area (Å²) in [6.45, 7) is 26.7. The Morgan fingerprint density at radius 3 is 2.18 bits per heavy atom. The Balaban J connectivity index is 1.22. The van der Waals surface area contributed by atoms with Crippen LogP contribution in [0, 0.1) is 56.2 Å². The molecule has 0 spiro atoms. The van der Waals surface area contributed by atoms with Gasteiger partial charge in [-0.25, -0.2) is 0 Å². The van der Waals surface area contributed by atoms with Crippen molar-refractivity contribution in [2.24, 2.45) is 56.2 Å². The molecule has 0 aliphatic heterocycles. The van der Waals surface area contributed by atoms with Crippen molar-refractivity contribution in [1.82, 2.24) is 5.32 Å². The highest BCUT2D eigenvalue weighted by Crippen LogP contribution is 2.77. The van der Waals surface area contributed by atoms with E-state index in [-0.39, 0.29) is 63.7 Å². The molecule has 5 aliphatic rings. The fraction of sp³-hybridized carbons (Fsp3) is 0.771. The van der Waals surface area contributed by atoms with Gasteiger partial charge < -0.3 is 19.9 Å². The van der Waals surface area contributed by atoms with E-state index in [9.17, 15) is 19.5 Å². The van der Waals surface area contributed by atoms with E-state index in [4.69, 9.17) is 21.1 Å². The number of ketones is 1. The number of Topliss-reactive ketones (excluding diaryl/α,β-unsaturated/α-hetero) is 1. The minimum absolute atomic E-state index is 0.00928. The number of carbonyl (C=O) groups excluding carboxylic acids is 3. The van der Waals surface area contributed by atoms with Crippen LogP contribution in [-0.2, 0) is 30.4 Å². The van der Waals surface area contributed by atoms with Crippen molar-refractivity contribution in [2.75, 3.05) is 6.54 Å². The Hall–Kier alpha value is -2.22. The Labute approximate surface area is 342 Å². The smallest absolute Gasteiger partial charge is 0.312 e. The average molecular weight is 795 g/mol. The van der Waals surface area contributed by atoms with Crippen LogP contribution < -0.4 is 5.32 Å². The number of allylic oxidation sites excluding steroid dienone is 1. The summed E-state index contributed by atoms with van der Waals surface area (Å²) in [6.07, 6.45) is 7.45. The Morgan fingerprint density at radius 2 is 1.55 bits per heavy atom. The van der Waals surface area contributed by atoms with Crippen LogP contribution in [0.15, 0.2) is 35.4 Å². The molecule has 2 N–H and O–H groups in total. The highest BCUT2D eigenvalue weighted by molar-refractivity contribution is 6.30. The molecule has 7 nitrogen and oxygen atoms in total. The molecule has 4 saturated carbocycles. The number of esters is 2. The lowest BCUT2D eigenvalue weighted by molar-refractivity contribution is -0.235. The molecule has 4 fully saturated rings.